The lowest BCUT2D eigenvalue weighted by Gasteiger charge is -2.22. The predicted octanol–water partition coefficient (Wildman–Crippen LogP) is 0.891. The summed E-state index contributed by atoms with van der Waals surface area (Å²) in [6.45, 7) is 2.63. The van der Waals surface area contributed by atoms with E-state index in [1.54, 1.807) is 25.1 Å². The minimum Gasteiger partial charge on any atom is -0.486 e. The molecule has 1 aromatic carbocycles. The van der Waals surface area contributed by atoms with Gasteiger partial charge >= 0.3 is 0 Å². The molecule has 2 rings (SSSR count). The van der Waals surface area contributed by atoms with Crippen molar-refractivity contribution in [2.24, 2.45) is 5.73 Å². The molecule has 0 aliphatic carbocycles. The van der Waals surface area contributed by atoms with Crippen LogP contribution in [0.5, 0.6) is 11.5 Å². The van der Waals surface area contributed by atoms with Crippen LogP contribution in [-0.2, 0) is 9.84 Å². The maximum Gasteiger partial charge on any atom is 0.161 e. The molecule has 0 fully saturated rings. The van der Waals surface area contributed by atoms with Crippen molar-refractivity contribution in [2.75, 3.05) is 19.5 Å². The molecule has 1 aromatic rings. The number of fused-ring (bicyclic) bond motifs is 1. The van der Waals surface area contributed by atoms with E-state index >= 15 is 0 Å². The molecule has 5 nitrogen and oxygen atoms in total. The molecule has 2 unspecified atom stereocenters. The van der Waals surface area contributed by atoms with Crippen LogP contribution in [0, 0.1) is 0 Å². The van der Waals surface area contributed by atoms with E-state index in [9.17, 15) is 8.42 Å². The molecule has 100 valence electrons. The fourth-order valence-corrected chi connectivity index (χ4v) is 2.49. The molecular weight excluding hydrogens is 254 g/mol. The Labute approximate surface area is 107 Å². The Balaban J connectivity index is 2.29. The van der Waals surface area contributed by atoms with Gasteiger partial charge in [0.2, 0.25) is 0 Å². The molecule has 0 radical (unpaired) electrons. The highest BCUT2D eigenvalue weighted by Crippen LogP contribution is 2.33. The average Bonchev–Trinajstić information content (AvgIpc) is 2.35. The van der Waals surface area contributed by atoms with Gasteiger partial charge in [-0.25, -0.2) is 8.42 Å². The Morgan fingerprint density at radius 1 is 1.22 bits per heavy atom. The third kappa shape index (κ3) is 2.59. The molecule has 18 heavy (non-hydrogen) atoms. The van der Waals surface area contributed by atoms with E-state index in [1.807, 2.05) is 0 Å². The third-order valence-electron chi connectivity index (χ3n) is 3.13. The van der Waals surface area contributed by atoms with Gasteiger partial charge in [-0.05, 0) is 24.6 Å². The van der Waals surface area contributed by atoms with E-state index in [0.717, 1.165) is 5.56 Å². The van der Waals surface area contributed by atoms with Crippen molar-refractivity contribution in [1.82, 2.24) is 0 Å². The van der Waals surface area contributed by atoms with Crippen LogP contribution in [0.3, 0.4) is 0 Å². The summed E-state index contributed by atoms with van der Waals surface area (Å²) < 4.78 is 33.8. The van der Waals surface area contributed by atoms with Gasteiger partial charge in [0, 0.05) is 12.3 Å². The van der Waals surface area contributed by atoms with Crippen molar-refractivity contribution in [3.05, 3.63) is 23.8 Å². The second-order valence-corrected chi connectivity index (χ2v) is 6.87. The third-order valence-corrected chi connectivity index (χ3v) is 4.78. The van der Waals surface area contributed by atoms with E-state index in [2.05, 4.69) is 0 Å². The van der Waals surface area contributed by atoms with E-state index < -0.39 is 21.1 Å². The van der Waals surface area contributed by atoms with E-state index in [4.69, 9.17) is 15.2 Å². The van der Waals surface area contributed by atoms with Crippen LogP contribution in [0.25, 0.3) is 0 Å². The van der Waals surface area contributed by atoms with Crippen molar-refractivity contribution >= 4 is 9.84 Å². The van der Waals surface area contributed by atoms with Crippen LogP contribution >= 0.6 is 0 Å². The molecule has 0 amide bonds. The zero-order valence-electron chi connectivity index (χ0n) is 10.4. The van der Waals surface area contributed by atoms with E-state index in [-0.39, 0.29) is 0 Å². The molecular formula is C12H17NO4S. The highest BCUT2D eigenvalue weighted by Gasteiger charge is 2.25. The van der Waals surface area contributed by atoms with Gasteiger partial charge in [0.15, 0.2) is 21.3 Å². The monoisotopic (exact) mass is 271 g/mol. The lowest BCUT2D eigenvalue weighted by atomic mass is 10.0. The van der Waals surface area contributed by atoms with Gasteiger partial charge < -0.3 is 15.2 Å². The summed E-state index contributed by atoms with van der Waals surface area (Å²) in [6.07, 6.45) is 1.19. The number of sulfone groups is 1. The highest BCUT2D eigenvalue weighted by atomic mass is 32.2. The minimum absolute atomic E-state index is 0.493. The van der Waals surface area contributed by atoms with Gasteiger partial charge in [-0.2, -0.15) is 0 Å². The first-order valence-corrected chi connectivity index (χ1v) is 7.69. The van der Waals surface area contributed by atoms with Crippen LogP contribution in [0.1, 0.15) is 18.5 Å². The van der Waals surface area contributed by atoms with Crippen LogP contribution < -0.4 is 15.2 Å². The van der Waals surface area contributed by atoms with Gasteiger partial charge in [-0.3, -0.25) is 0 Å². The molecule has 0 bridgehead atoms. The van der Waals surface area contributed by atoms with Crippen molar-refractivity contribution in [3.63, 3.8) is 0 Å². The summed E-state index contributed by atoms with van der Waals surface area (Å²) in [5.41, 5.74) is 6.72. The molecule has 1 heterocycles. The molecule has 0 saturated carbocycles. The van der Waals surface area contributed by atoms with Gasteiger partial charge in [0.05, 0.1) is 5.25 Å². The molecule has 0 spiro atoms. The van der Waals surface area contributed by atoms with Crippen molar-refractivity contribution < 1.29 is 17.9 Å². The molecule has 2 N–H and O–H groups in total. The van der Waals surface area contributed by atoms with Gasteiger partial charge in [0.25, 0.3) is 0 Å². The topological polar surface area (TPSA) is 78.6 Å². The fourth-order valence-electron chi connectivity index (χ4n) is 1.80. The quantitative estimate of drug-likeness (QED) is 0.883. The molecule has 1 aliphatic heterocycles. The Bertz CT molecular complexity index is 541. The van der Waals surface area contributed by atoms with Gasteiger partial charge in [-0.1, -0.05) is 6.07 Å². The highest BCUT2D eigenvalue weighted by molar-refractivity contribution is 7.91. The summed E-state index contributed by atoms with van der Waals surface area (Å²) in [5, 5.41) is -0.639. The summed E-state index contributed by atoms with van der Waals surface area (Å²) in [4.78, 5) is 0. The minimum atomic E-state index is -3.17. The van der Waals surface area contributed by atoms with Crippen LogP contribution in [0.4, 0.5) is 0 Å². The van der Waals surface area contributed by atoms with Gasteiger partial charge in [0.1, 0.15) is 13.2 Å². The molecule has 0 saturated heterocycles. The summed E-state index contributed by atoms with van der Waals surface area (Å²) in [7, 11) is -3.17. The lowest BCUT2D eigenvalue weighted by Crippen LogP contribution is -2.30. The van der Waals surface area contributed by atoms with Crippen LogP contribution in [0.2, 0.25) is 0 Å². The van der Waals surface area contributed by atoms with Crippen LogP contribution in [0.15, 0.2) is 18.2 Å². The maximum absolute atomic E-state index is 11.5. The van der Waals surface area contributed by atoms with Crippen molar-refractivity contribution in [1.29, 1.82) is 0 Å². The van der Waals surface area contributed by atoms with E-state index in [0.29, 0.717) is 24.7 Å². The fraction of sp³-hybridized carbons (Fsp3) is 0.500. The Hall–Kier alpha value is -1.27. The number of nitrogens with two attached hydrogens (primary N) is 1. The number of benzene rings is 1. The van der Waals surface area contributed by atoms with Crippen molar-refractivity contribution in [3.8, 4) is 11.5 Å². The maximum atomic E-state index is 11.5. The number of ether oxygens (including phenoxy) is 2. The standard InChI is InChI=1S/C12H17NO4S/c1-8(18(2,14)15)12(13)9-3-4-10-11(7-9)17-6-5-16-10/h3-4,7-8,12H,5-6,13H2,1-2H3. The van der Waals surface area contributed by atoms with Crippen LogP contribution in [-0.4, -0.2) is 33.1 Å². The SMILES string of the molecule is CC(C(N)c1ccc2c(c1)OCCO2)S(C)(=O)=O. The second-order valence-electron chi connectivity index (χ2n) is 4.46. The first kappa shape index (κ1) is 13.2. The zero-order chi connectivity index (χ0) is 13.3. The normalized spacial score (nSPS) is 18.2. The Morgan fingerprint density at radius 2 is 1.83 bits per heavy atom. The second kappa shape index (κ2) is 4.78. The molecule has 1 aliphatic rings. The Morgan fingerprint density at radius 3 is 2.44 bits per heavy atom. The molecule has 6 heteroatoms. The summed E-state index contributed by atoms with van der Waals surface area (Å²) in [6, 6.07) is 4.72. The first-order chi connectivity index (χ1) is 8.39. The lowest BCUT2D eigenvalue weighted by molar-refractivity contribution is 0.171. The zero-order valence-corrected chi connectivity index (χ0v) is 11.2. The summed E-state index contributed by atoms with van der Waals surface area (Å²) in [5.74, 6) is 1.29. The smallest absolute Gasteiger partial charge is 0.161 e. The largest absolute Gasteiger partial charge is 0.486 e. The summed E-state index contributed by atoms with van der Waals surface area (Å²) >= 11 is 0. The predicted molar refractivity (Wildman–Crippen MR) is 68.7 cm³/mol. The number of hydrogen-bond donors (Lipinski definition) is 1. The van der Waals surface area contributed by atoms with E-state index in [1.165, 1.54) is 6.26 Å². The average molecular weight is 271 g/mol. The Kier molecular flexibility index (Phi) is 3.49. The number of rotatable bonds is 3. The number of hydrogen-bond acceptors (Lipinski definition) is 5. The first-order valence-electron chi connectivity index (χ1n) is 5.73. The van der Waals surface area contributed by atoms with Crippen molar-refractivity contribution in [2.45, 2.75) is 18.2 Å². The molecule has 2 atom stereocenters. The van der Waals surface area contributed by atoms with Gasteiger partial charge in [-0.15, -0.1) is 0 Å². The molecule has 0 aromatic heterocycles.